The summed E-state index contributed by atoms with van der Waals surface area (Å²) in [5.74, 6) is 0.549. The summed E-state index contributed by atoms with van der Waals surface area (Å²) in [5.41, 5.74) is 2.26. The highest BCUT2D eigenvalue weighted by atomic mass is 32.2. The Kier molecular flexibility index (Phi) is 5.21. The number of carbonyl (C=O) groups is 1. The molecular weight excluding hydrogens is 370 g/mol. The normalized spacial score (nSPS) is 16.8. The fourth-order valence-electron chi connectivity index (χ4n) is 2.70. The van der Waals surface area contributed by atoms with Gasteiger partial charge < -0.3 is 4.74 Å². The van der Waals surface area contributed by atoms with Crippen LogP contribution < -0.4 is 9.64 Å². The van der Waals surface area contributed by atoms with Crippen LogP contribution in [0.4, 0.5) is 11.4 Å². The second-order valence-corrected chi connectivity index (χ2v) is 6.95. The Labute approximate surface area is 167 Å². The molecule has 1 aliphatic heterocycles. The van der Waals surface area contributed by atoms with Crippen LogP contribution in [0.1, 0.15) is 5.69 Å². The summed E-state index contributed by atoms with van der Waals surface area (Å²) in [4.78, 5) is 24.4. The molecule has 1 fully saturated rings. The Bertz CT molecular complexity index is 1030. The first kappa shape index (κ1) is 18.0. The van der Waals surface area contributed by atoms with Crippen molar-refractivity contribution in [3.63, 3.8) is 0 Å². The number of rotatable bonds is 4. The zero-order valence-electron chi connectivity index (χ0n) is 15.1. The van der Waals surface area contributed by atoms with Gasteiger partial charge in [-0.15, -0.1) is 0 Å². The zero-order chi connectivity index (χ0) is 19.3. The van der Waals surface area contributed by atoms with Crippen LogP contribution in [-0.2, 0) is 4.79 Å². The topological polar surface area (TPSA) is 54.8 Å². The van der Waals surface area contributed by atoms with Crippen molar-refractivity contribution in [2.45, 2.75) is 0 Å². The van der Waals surface area contributed by atoms with Crippen molar-refractivity contribution >= 4 is 40.3 Å². The molecular formula is C22H17N3O2S. The van der Waals surface area contributed by atoms with E-state index in [-0.39, 0.29) is 5.91 Å². The highest BCUT2D eigenvalue weighted by molar-refractivity contribution is 8.19. The first-order valence-corrected chi connectivity index (χ1v) is 9.49. The first-order chi connectivity index (χ1) is 13.7. The van der Waals surface area contributed by atoms with Crippen molar-refractivity contribution in [2.24, 2.45) is 4.99 Å². The summed E-state index contributed by atoms with van der Waals surface area (Å²) >= 11 is 1.34. The fourth-order valence-corrected chi connectivity index (χ4v) is 3.68. The second-order valence-electron chi connectivity index (χ2n) is 5.94. The first-order valence-electron chi connectivity index (χ1n) is 8.67. The summed E-state index contributed by atoms with van der Waals surface area (Å²) in [5, 5.41) is 0.613. The molecule has 2 aromatic carbocycles. The molecule has 1 amide bonds. The van der Waals surface area contributed by atoms with Crippen molar-refractivity contribution in [3.05, 3.63) is 89.6 Å². The van der Waals surface area contributed by atoms with Gasteiger partial charge in [-0.05, 0) is 54.2 Å². The maximum Gasteiger partial charge on any atom is 0.271 e. The number of carbonyl (C=O) groups excluding carboxylic acids is 1. The van der Waals surface area contributed by atoms with Crippen LogP contribution in [0.3, 0.4) is 0 Å². The van der Waals surface area contributed by atoms with Gasteiger partial charge in [0, 0.05) is 0 Å². The highest BCUT2D eigenvalue weighted by Gasteiger charge is 2.34. The van der Waals surface area contributed by atoms with E-state index in [0.717, 1.165) is 11.4 Å². The van der Waals surface area contributed by atoms with Gasteiger partial charge in [-0.25, -0.2) is 4.99 Å². The number of thioether (sulfide) groups is 1. The molecule has 0 spiro atoms. The van der Waals surface area contributed by atoms with Crippen molar-refractivity contribution in [3.8, 4) is 5.75 Å². The molecule has 2 heterocycles. The molecule has 4 rings (SSSR count). The Hall–Kier alpha value is -3.38. The monoisotopic (exact) mass is 387 g/mol. The van der Waals surface area contributed by atoms with Gasteiger partial charge in [-0.1, -0.05) is 36.4 Å². The van der Waals surface area contributed by atoms with Crippen LogP contribution in [-0.4, -0.2) is 23.2 Å². The summed E-state index contributed by atoms with van der Waals surface area (Å²) in [6.07, 6.45) is 3.40. The molecule has 5 nitrogen and oxygen atoms in total. The molecule has 6 heteroatoms. The number of benzene rings is 2. The Morgan fingerprint density at radius 3 is 2.36 bits per heavy atom. The van der Waals surface area contributed by atoms with Gasteiger partial charge in [-0.2, -0.15) is 0 Å². The Morgan fingerprint density at radius 2 is 1.71 bits per heavy atom. The molecule has 0 saturated carbocycles. The number of anilines is 1. The predicted octanol–water partition coefficient (Wildman–Crippen LogP) is 4.90. The van der Waals surface area contributed by atoms with Crippen LogP contribution in [0.15, 0.2) is 88.9 Å². The summed E-state index contributed by atoms with van der Waals surface area (Å²) in [6.45, 7) is 0. The Morgan fingerprint density at radius 1 is 1.00 bits per heavy atom. The number of amidine groups is 1. The average molecular weight is 387 g/mol. The number of aliphatic imine (C=N–C) groups is 1. The molecule has 0 bridgehead atoms. The van der Waals surface area contributed by atoms with Crippen LogP contribution in [0, 0.1) is 0 Å². The van der Waals surface area contributed by atoms with Crippen molar-refractivity contribution in [1.29, 1.82) is 0 Å². The third-order valence-electron chi connectivity index (χ3n) is 4.08. The van der Waals surface area contributed by atoms with Gasteiger partial charge >= 0.3 is 0 Å². The molecule has 138 valence electrons. The summed E-state index contributed by atoms with van der Waals surface area (Å²) in [7, 11) is 1.59. The number of pyridine rings is 1. The Balaban J connectivity index is 1.73. The van der Waals surface area contributed by atoms with Gasteiger partial charge in [0.25, 0.3) is 5.91 Å². The molecule has 1 saturated heterocycles. The van der Waals surface area contributed by atoms with E-state index in [1.807, 2.05) is 72.8 Å². The molecule has 0 N–H and O–H groups in total. The smallest absolute Gasteiger partial charge is 0.271 e. The maximum absolute atomic E-state index is 13.1. The summed E-state index contributed by atoms with van der Waals surface area (Å²) in [6, 6.07) is 22.8. The number of hydrogen-bond donors (Lipinski definition) is 0. The molecule has 1 aromatic heterocycles. The highest BCUT2D eigenvalue weighted by Crippen LogP contribution is 2.37. The van der Waals surface area contributed by atoms with Gasteiger partial charge in [0.15, 0.2) is 5.17 Å². The number of aromatic nitrogens is 1. The number of ether oxygens (including phenoxy) is 1. The minimum atomic E-state index is -0.122. The van der Waals surface area contributed by atoms with Crippen molar-refractivity contribution < 1.29 is 9.53 Å². The van der Waals surface area contributed by atoms with Gasteiger partial charge in [0.1, 0.15) is 5.75 Å². The standard InChI is InChI=1S/C22H17N3O2S/c1-27-19-13-12-17(23-15-19)14-20-21(26)25(18-10-6-3-7-11-18)22(28-20)24-16-8-4-2-5-9-16/h2-15H,1H3/b20-14-,24-22?. The lowest BCUT2D eigenvalue weighted by Crippen LogP contribution is -2.28. The third-order valence-corrected chi connectivity index (χ3v) is 5.04. The molecule has 0 unspecified atom stereocenters. The number of hydrogen-bond acceptors (Lipinski definition) is 5. The van der Waals surface area contributed by atoms with Gasteiger partial charge in [-0.3, -0.25) is 14.7 Å². The molecule has 1 aliphatic rings. The molecule has 0 aliphatic carbocycles. The van der Waals surface area contributed by atoms with Crippen molar-refractivity contribution in [1.82, 2.24) is 4.98 Å². The number of methoxy groups -OCH3 is 1. The quantitative estimate of drug-likeness (QED) is 0.598. The average Bonchev–Trinajstić information content (AvgIpc) is 3.04. The fraction of sp³-hybridized carbons (Fsp3) is 0.0455. The van der Waals surface area contributed by atoms with E-state index < -0.39 is 0 Å². The third kappa shape index (κ3) is 3.82. The van der Waals surface area contributed by atoms with E-state index in [0.29, 0.717) is 21.5 Å². The van der Waals surface area contributed by atoms with Gasteiger partial charge in [0.05, 0.1) is 35.3 Å². The van der Waals surface area contributed by atoms with E-state index >= 15 is 0 Å². The van der Waals surface area contributed by atoms with Crippen molar-refractivity contribution in [2.75, 3.05) is 12.0 Å². The minimum absolute atomic E-state index is 0.122. The van der Waals surface area contributed by atoms with Gasteiger partial charge in [0.2, 0.25) is 0 Å². The maximum atomic E-state index is 13.1. The van der Waals surface area contributed by atoms with E-state index in [4.69, 9.17) is 4.74 Å². The van der Waals surface area contributed by atoms with E-state index in [1.54, 1.807) is 24.3 Å². The lowest BCUT2D eigenvalue weighted by Gasteiger charge is -2.15. The van der Waals surface area contributed by atoms with E-state index in [1.165, 1.54) is 11.8 Å². The van der Waals surface area contributed by atoms with Crippen LogP contribution >= 0.6 is 11.8 Å². The minimum Gasteiger partial charge on any atom is -0.495 e. The molecule has 0 radical (unpaired) electrons. The number of nitrogens with zero attached hydrogens (tertiary/aromatic N) is 3. The SMILES string of the molecule is COc1ccc(/C=C2\SC(=Nc3ccccc3)N(c3ccccc3)C2=O)nc1. The van der Waals surface area contributed by atoms with Crippen LogP contribution in [0.25, 0.3) is 6.08 Å². The second kappa shape index (κ2) is 8.10. The van der Waals surface area contributed by atoms with E-state index in [9.17, 15) is 4.79 Å². The zero-order valence-corrected chi connectivity index (χ0v) is 16.0. The van der Waals surface area contributed by atoms with Crippen LogP contribution in [0.2, 0.25) is 0 Å². The molecule has 0 atom stereocenters. The molecule has 3 aromatic rings. The lowest BCUT2D eigenvalue weighted by molar-refractivity contribution is -0.113. The lowest BCUT2D eigenvalue weighted by atomic mass is 10.2. The summed E-state index contributed by atoms with van der Waals surface area (Å²) < 4.78 is 5.14. The number of amides is 1. The largest absolute Gasteiger partial charge is 0.495 e. The predicted molar refractivity (Wildman–Crippen MR) is 114 cm³/mol. The number of para-hydroxylation sites is 2. The van der Waals surface area contributed by atoms with E-state index in [2.05, 4.69) is 9.98 Å². The van der Waals surface area contributed by atoms with Crippen LogP contribution in [0.5, 0.6) is 5.75 Å². The molecule has 28 heavy (non-hydrogen) atoms.